The summed E-state index contributed by atoms with van der Waals surface area (Å²) < 4.78 is 61.5. The highest BCUT2D eigenvalue weighted by molar-refractivity contribution is 5.88. The zero-order valence-corrected chi connectivity index (χ0v) is 60.0. The minimum Gasteiger partial charge on any atom is -0.458 e. The molecule has 2 saturated heterocycles. The van der Waals surface area contributed by atoms with Gasteiger partial charge in [0.2, 0.25) is 0 Å². The highest BCUT2D eigenvalue weighted by Crippen LogP contribution is 2.37. The summed E-state index contributed by atoms with van der Waals surface area (Å²) in [5.41, 5.74) is 0.470. The fourth-order valence-electron chi connectivity index (χ4n) is 15.0. The van der Waals surface area contributed by atoms with Crippen molar-refractivity contribution in [3.8, 4) is 0 Å². The molecule has 20 nitrogen and oxygen atoms in total. The van der Waals surface area contributed by atoms with E-state index in [-0.39, 0.29) is 110 Å². The third-order valence-electron chi connectivity index (χ3n) is 21.9. The fourth-order valence-corrected chi connectivity index (χ4v) is 15.0. The fraction of sp³-hybridized carbons (Fsp3) is 0.865. The largest absolute Gasteiger partial charge is 0.458 e. The van der Waals surface area contributed by atoms with Crippen LogP contribution < -0.4 is 0 Å². The van der Waals surface area contributed by atoms with Crippen LogP contribution in [0.25, 0.3) is 0 Å². The second-order valence-corrected chi connectivity index (χ2v) is 29.5. The van der Waals surface area contributed by atoms with Gasteiger partial charge in [-0.05, 0) is 129 Å². The monoisotopic (exact) mass is 1340 g/mol. The van der Waals surface area contributed by atoms with E-state index in [1.54, 1.807) is 68.3 Å². The molecule has 0 aromatic heterocycles. The SMILES string of the molecule is CO[C@H]1C[C@H](CC[C@H](C)[C@@H](O)[C@H](C)[C@H]2OC(=O)C(C)=CC[C@H](O)C[C@@H]3C=CC[C@@H](C[C@H](OC)[C@H](C)[C@H](O)C[C@H](O)[C@H](C)[C@@H]([C@@H](C)[C@H](O)[C@@H](C)CC[C@H]4C[C@H](OC)C[C@H](C)O4)OC(=O)C(C)=CC[C@H](O)C[C@@H]4C=CC[C@@H](C[C@H](OC)[C@H](C)[C@H](O)C[C@H](O)[C@@H]2C)O4)O3)O[C@@H](C)C1. The molecule has 20 heteroatoms. The molecule has 544 valence electrons. The molecule has 0 amide bonds. The predicted octanol–water partition coefficient (Wildman–Crippen LogP) is 9.00. The molecule has 0 unspecified atom stereocenters. The number of aliphatic hydroxyl groups excluding tert-OH is 8. The molecule has 0 aromatic rings. The summed E-state index contributed by atoms with van der Waals surface area (Å²) in [6, 6.07) is 0. The highest BCUT2D eigenvalue weighted by Gasteiger charge is 2.43. The molecule has 0 spiro atoms. The Morgan fingerprint density at radius 1 is 0.457 bits per heavy atom. The minimum atomic E-state index is -1.18. The summed E-state index contributed by atoms with van der Waals surface area (Å²) in [6.45, 7) is 22.1. The van der Waals surface area contributed by atoms with Crippen LogP contribution in [0.2, 0.25) is 0 Å². The van der Waals surface area contributed by atoms with E-state index in [4.69, 9.17) is 47.4 Å². The summed E-state index contributed by atoms with van der Waals surface area (Å²) in [4.78, 5) is 28.4. The summed E-state index contributed by atoms with van der Waals surface area (Å²) >= 11 is 0. The number of aliphatic hydroxyl groups is 8. The van der Waals surface area contributed by atoms with Gasteiger partial charge >= 0.3 is 11.9 Å². The first-order valence-electron chi connectivity index (χ1n) is 35.7. The van der Waals surface area contributed by atoms with Gasteiger partial charge in [-0.25, -0.2) is 9.59 Å². The number of rotatable bonds is 16. The van der Waals surface area contributed by atoms with Gasteiger partial charge < -0.3 is 88.2 Å². The van der Waals surface area contributed by atoms with Crippen LogP contribution in [0.3, 0.4) is 0 Å². The normalized spacial score (nSPS) is 40.3. The molecule has 0 aliphatic carbocycles. The lowest BCUT2D eigenvalue weighted by Crippen LogP contribution is -2.46. The first-order chi connectivity index (χ1) is 44.5. The van der Waals surface area contributed by atoms with Crippen LogP contribution >= 0.6 is 0 Å². The maximum Gasteiger partial charge on any atom is 0.333 e. The van der Waals surface area contributed by atoms with Gasteiger partial charge in [-0.3, -0.25) is 0 Å². The molecule has 5 rings (SSSR count). The Morgan fingerprint density at radius 2 is 0.809 bits per heavy atom. The molecule has 0 aromatic carbocycles. The molecule has 94 heavy (non-hydrogen) atoms. The average molecular weight is 1340 g/mol. The standard InChI is InChI=1S/C74H128O20/c1-41(25-29-59-35-61(85-13)31-45(5)89-59)69(81)51(11)71-49(9)65(79)39-63(77)47(7)67(87-15)37-57-21-18-20-56(92-57)34-54(76)28-24-44(4)74(84)94-72(52(12)70(82)42(2)26-30-60-36-62(86-14)32-46(6)90-60)50(10)66(80)40-64(78)48(8)68(88-16)38-58-22-17-19-55(91-58)33-53(75)27-23-43(3)73(83)93-71/h17-20,23-24,41-42,45-72,75-82H,21-22,25-40H2,1-16H3/t41-,42-,45-,46-,47+,48+,49-,50-,51-,52-,53-,54-,55-,56-,57-,58-,59-,60-,61+,62+,63+,64+,65-,66-,67-,68-,69+,70+,71-,72-/m0/s1. The Labute approximate surface area is 563 Å². The van der Waals surface area contributed by atoms with Crippen molar-refractivity contribution in [3.05, 3.63) is 47.6 Å². The maximum absolute atomic E-state index is 14.2. The molecule has 30 atom stereocenters. The number of hydrogen-bond acceptors (Lipinski definition) is 20. The number of methoxy groups -OCH3 is 4. The molecule has 5 aliphatic rings. The number of cyclic esters (lactones) is 2. The maximum atomic E-state index is 14.2. The van der Waals surface area contributed by atoms with Crippen LogP contribution in [0, 0.1) is 47.3 Å². The van der Waals surface area contributed by atoms with Gasteiger partial charge in [-0.1, -0.05) is 91.8 Å². The van der Waals surface area contributed by atoms with E-state index in [2.05, 4.69) is 0 Å². The van der Waals surface area contributed by atoms with Crippen molar-refractivity contribution in [2.75, 3.05) is 28.4 Å². The van der Waals surface area contributed by atoms with E-state index in [1.165, 1.54) is 0 Å². The van der Waals surface area contributed by atoms with Crippen molar-refractivity contribution in [2.24, 2.45) is 47.3 Å². The lowest BCUT2D eigenvalue weighted by Gasteiger charge is -2.38. The number of hydrogen-bond donors (Lipinski definition) is 8. The van der Waals surface area contributed by atoms with E-state index in [9.17, 15) is 50.4 Å². The van der Waals surface area contributed by atoms with Gasteiger partial charge in [0.15, 0.2) is 0 Å². The van der Waals surface area contributed by atoms with E-state index >= 15 is 0 Å². The van der Waals surface area contributed by atoms with E-state index in [1.807, 2.05) is 79.7 Å². The first-order valence-corrected chi connectivity index (χ1v) is 35.7. The Morgan fingerprint density at radius 3 is 1.15 bits per heavy atom. The number of carbonyl (C=O) groups is 2. The van der Waals surface area contributed by atoms with Crippen LogP contribution in [0.4, 0.5) is 0 Å². The van der Waals surface area contributed by atoms with Crippen molar-refractivity contribution in [2.45, 2.75) is 333 Å². The number of ether oxygens (including phenoxy) is 10. The Balaban J connectivity index is 1.38. The van der Waals surface area contributed by atoms with Gasteiger partial charge in [0.1, 0.15) is 12.2 Å². The van der Waals surface area contributed by atoms with E-state index in [0.717, 1.165) is 25.7 Å². The summed E-state index contributed by atoms with van der Waals surface area (Å²) in [6.07, 6.45) is 6.49. The van der Waals surface area contributed by atoms with Gasteiger partial charge in [-0.2, -0.15) is 0 Å². The molecule has 4 bridgehead atoms. The Kier molecular flexibility index (Phi) is 35.3. The lowest BCUT2D eigenvalue weighted by atomic mass is 9.78. The molecule has 2 fully saturated rings. The predicted molar refractivity (Wildman–Crippen MR) is 359 cm³/mol. The van der Waals surface area contributed by atoms with Gasteiger partial charge in [0.05, 0.1) is 122 Å². The van der Waals surface area contributed by atoms with Gasteiger partial charge in [0, 0.05) is 101 Å². The van der Waals surface area contributed by atoms with Crippen molar-refractivity contribution in [1.82, 2.24) is 0 Å². The zero-order chi connectivity index (χ0) is 69.7. The lowest BCUT2D eigenvalue weighted by molar-refractivity contribution is -0.160. The third kappa shape index (κ3) is 25.5. The van der Waals surface area contributed by atoms with Crippen LogP contribution in [0.5, 0.6) is 0 Å². The second-order valence-electron chi connectivity index (χ2n) is 29.5. The van der Waals surface area contributed by atoms with Gasteiger partial charge in [-0.15, -0.1) is 0 Å². The highest BCUT2D eigenvalue weighted by atomic mass is 16.6. The second kappa shape index (κ2) is 40.5. The summed E-state index contributed by atoms with van der Waals surface area (Å²) in [5, 5.41) is 94.8. The quantitative estimate of drug-likeness (QED) is 0.0528. The molecule has 0 radical (unpaired) electrons. The number of fused-ring (bicyclic) bond motifs is 4. The van der Waals surface area contributed by atoms with Crippen molar-refractivity contribution < 1.29 is 97.8 Å². The number of esters is 2. The van der Waals surface area contributed by atoms with Crippen LogP contribution in [0.1, 0.15) is 199 Å². The zero-order valence-electron chi connectivity index (χ0n) is 60.0. The molecular formula is C74H128O20. The summed E-state index contributed by atoms with van der Waals surface area (Å²) in [7, 11) is 6.56. The van der Waals surface area contributed by atoms with Gasteiger partial charge in [0.25, 0.3) is 0 Å². The van der Waals surface area contributed by atoms with Crippen molar-refractivity contribution in [1.29, 1.82) is 0 Å². The number of carbonyl (C=O) groups excluding carboxylic acids is 2. The topological polar surface area (TPSA) is 288 Å². The molecule has 0 saturated carbocycles. The molecular weight excluding hydrogens is 1210 g/mol. The van der Waals surface area contributed by atoms with Crippen LogP contribution in [0.15, 0.2) is 47.6 Å². The van der Waals surface area contributed by atoms with Crippen LogP contribution in [-0.2, 0) is 57.0 Å². The molecule has 5 heterocycles. The minimum absolute atomic E-state index is 0.0361. The van der Waals surface area contributed by atoms with Crippen molar-refractivity contribution >= 4 is 11.9 Å². The van der Waals surface area contributed by atoms with E-state index < -0.39 is 133 Å². The smallest absolute Gasteiger partial charge is 0.333 e. The third-order valence-corrected chi connectivity index (χ3v) is 21.9. The Bertz CT molecular complexity index is 2160. The Hall–Kier alpha value is -2.74. The first kappa shape index (κ1) is 81.9. The molecule has 5 aliphatic heterocycles. The summed E-state index contributed by atoms with van der Waals surface area (Å²) in [5.74, 6) is -5.62. The average Bonchev–Trinajstić information content (AvgIpc) is 0.891. The van der Waals surface area contributed by atoms with E-state index in [0.29, 0.717) is 51.4 Å². The molecule has 8 N–H and O–H groups in total. The van der Waals surface area contributed by atoms with Crippen molar-refractivity contribution in [3.63, 3.8) is 0 Å². The van der Waals surface area contributed by atoms with Crippen LogP contribution in [-0.4, -0.2) is 216 Å².